The number of hydrogen-bond donors (Lipinski definition) is 4. The van der Waals surface area contributed by atoms with E-state index < -0.39 is 12.1 Å². The average molecular weight is 413 g/mol. The van der Waals surface area contributed by atoms with Crippen molar-refractivity contribution in [3.05, 3.63) is 65.2 Å². The number of piperazine rings is 1. The first-order valence-corrected chi connectivity index (χ1v) is 10.4. The van der Waals surface area contributed by atoms with Crippen LogP contribution >= 0.6 is 0 Å². The van der Waals surface area contributed by atoms with Crippen LogP contribution in [0.1, 0.15) is 22.7 Å². The van der Waals surface area contributed by atoms with Gasteiger partial charge in [-0.25, -0.2) is 4.79 Å². The number of hydrogen-bond acceptors (Lipinski definition) is 3. The van der Waals surface area contributed by atoms with E-state index in [-0.39, 0.29) is 5.91 Å². The Labute approximate surface area is 178 Å². The third kappa shape index (κ3) is 5.37. The van der Waals surface area contributed by atoms with Crippen molar-refractivity contribution in [2.24, 2.45) is 0 Å². The number of carbonyl (C=O) groups excluding carboxylic acids is 2. The minimum Gasteiger partial charge on any atom is -0.496 e. The molecule has 0 saturated carbocycles. The topological polar surface area (TPSA) is 76.3 Å². The van der Waals surface area contributed by atoms with Gasteiger partial charge in [0.1, 0.15) is 38.5 Å². The van der Waals surface area contributed by atoms with Gasteiger partial charge in [-0.1, -0.05) is 42.0 Å². The summed E-state index contributed by atoms with van der Waals surface area (Å²) in [6.45, 7) is 6.59. The van der Waals surface area contributed by atoms with E-state index in [2.05, 4.69) is 29.7 Å². The molecule has 0 radical (unpaired) electrons. The molecule has 0 bridgehead atoms. The summed E-state index contributed by atoms with van der Waals surface area (Å²) < 4.78 is 5.53. The minimum absolute atomic E-state index is 0.264. The smallest absolute Gasteiger partial charge is 0.321 e. The standard InChI is InChI=1S/C23H30N4O3/c1-17-9-10-20(30-3)19(15-17)16-26-11-13-27(14-12-26)21(18-7-5-4-6-8-18)22(28)25-23(29)24-2/h4-10,15,21H,11-14,16H2,1-3H3,(H2,24,25,28,29)/p+2/t21-/m1/s1. The van der Waals surface area contributed by atoms with Crippen LogP contribution in [-0.2, 0) is 11.3 Å². The number of methoxy groups -OCH3 is 1. The number of quaternary nitrogens is 2. The highest BCUT2D eigenvalue weighted by molar-refractivity contribution is 5.96. The SMILES string of the molecule is CNC(=O)NC(=O)[C@@H](c1ccccc1)[NH+]1CC[NH+](Cc2cc(C)ccc2OC)CC1. The molecule has 0 spiro atoms. The first-order valence-electron chi connectivity index (χ1n) is 10.4. The van der Waals surface area contributed by atoms with Gasteiger partial charge in [0, 0.05) is 18.2 Å². The van der Waals surface area contributed by atoms with Crippen molar-refractivity contribution in [3.63, 3.8) is 0 Å². The van der Waals surface area contributed by atoms with Gasteiger partial charge in [-0.3, -0.25) is 10.1 Å². The quantitative estimate of drug-likeness (QED) is 0.516. The van der Waals surface area contributed by atoms with Gasteiger partial charge in [-0.05, 0) is 19.1 Å². The van der Waals surface area contributed by atoms with Gasteiger partial charge < -0.3 is 19.9 Å². The van der Waals surface area contributed by atoms with E-state index in [1.165, 1.54) is 28.0 Å². The fourth-order valence-electron chi connectivity index (χ4n) is 4.17. The predicted molar refractivity (Wildman–Crippen MR) is 115 cm³/mol. The summed E-state index contributed by atoms with van der Waals surface area (Å²) in [7, 11) is 3.22. The Balaban J connectivity index is 1.69. The molecule has 0 unspecified atom stereocenters. The largest absolute Gasteiger partial charge is 0.496 e. The number of ether oxygens (including phenoxy) is 1. The molecule has 0 aromatic heterocycles. The second-order valence-corrected chi connectivity index (χ2v) is 7.81. The molecule has 4 N–H and O–H groups in total. The van der Waals surface area contributed by atoms with E-state index >= 15 is 0 Å². The molecule has 7 nitrogen and oxygen atoms in total. The summed E-state index contributed by atoms with van der Waals surface area (Å²) in [5, 5.41) is 4.92. The molecular formula is C23H32N4O3+2. The number of urea groups is 1. The fraction of sp³-hybridized carbons (Fsp3) is 0.391. The number of aryl methyl sites for hydroxylation is 1. The normalized spacial score (nSPS) is 19.6. The Morgan fingerprint density at radius 2 is 1.77 bits per heavy atom. The highest BCUT2D eigenvalue weighted by Crippen LogP contribution is 2.18. The van der Waals surface area contributed by atoms with E-state index in [9.17, 15) is 9.59 Å². The van der Waals surface area contributed by atoms with E-state index in [0.717, 1.165) is 44.0 Å². The summed E-state index contributed by atoms with van der Waals surface area (Å²) in [5.74, 6) is 0.661. The molecular weight excluding hydrogens is 380 g/mol. The summed E-state index contributed by atoms with van der Waals surface area (Å²) in [6, 6.07) is 15.1. The Kier molecular flexibility index (Phi) is 7.43. The van der Waals surface area contributed by atoms with E-state index in [1.54, 1.807) is 7.11 Å². The van der Waals surface area contributed by atoms with Gasteiger partial charge in [-0.2, -0.15) is 0 Å². The van der Waals surface area contributed by atoms with E-state index in [4.69, 9.17) is 4.74 Å². The molecule has 1 heterocycles. The van der Waals surface area contributed by atoms with E-state index in [0.29, 0.717) is 0 Å². The first kappa shape index (κ1) is 21.8. The number of amides is 3. The maximum absolute atomic E-state index is 12.9. The van der Waals surface area contributed by atoms with Crippen molar-refractivity contribution in [1.29, 1.82) is 0 Å². The van der Waals surface area contributed by atoms with Crippen LogP contribution in [0.3, 0.4) is 0 Å². The van der Waals surface area contributed by atoms with Crippen molar-refractivity contribution < 1.29 is 24.1 Å². The van der Waals surface area contributed by atoms with E-state index in [1.807, 2.05) is 36.4 Å². The monoisotopic (exact) mass is 412 g/mol. The van der Waals surface area contributed by atoms with Crippen LogP contribution in [0, 0.1) is 6.92 Å². The molecule has 7 heteroatoms. The zero-order chi connectivity index (χ0) is 21.5. The molecule has 3 amide bonds. The maximum Gasteiger partial charge on any atom is 0.321 e. The highest BCUT2D eigenvalue weighted by Gasteiger charge is 2.36. The second-order valence-electron chi connectivity index (χ2n) is 7.81. The Morgan fingerprint density at radius 1 is 1.07 bits per heavy atom. The van der Waals surface area contributed by atoms with Crippen LogP contribution in [0.2, 0.25) is 0 Å². The van der Waals surface area contributed by atoms with Crippen LogP contribution in [-0.4, -0.2) is 52.3 Å². The molecule has 3 rings (SSSR count). The third-order valence-corrected chi connectivity index (χ3v) is 5.74. The maximum atomic E-state index is 12.9. The van der Waals surface area contributed by atoms with Crippen molar-refractivity contribution in [1.82, 2.24) is 10.6 Å². The summed E-state index contributed by atoms with van der Waals surface area (Å²) in [5.41, 5.74) is 3.37. The van der Waals surface area contributed by atoms with Gasteiger partial charge in [0.15, 0.2) is 6.04 Å². The van der Waals surface area contributed by atoms with Gasteiger partial charge >= 0.3 is 6.03 Å². The molecule has 1 atom stereocenters. The predicted octanol–water partition coefficient (Wildman–Crippen LogP) is -0.516. The lowest BCUT2D eigenvalue weighted by Gasteiger charge is -2.34. The summed E-state index contributed by atoms with van der Waals surface area (Å²) >= 11 is 0. The molecule has 1 aliphatic heterocycles. The van der Waals surface area contributed by atoms with Crippen molar-refractivity contribution in [3.8, 4) is 5.75 Å². The zero-order valence-corrected chi connectivity index (χ0v) is 18.0. The van der Waals surface area contributed by atoms with Crippen LogP contribution in [0.5, 0.6) is 5.75 Å². The Morgan fingerprint density at radius 3 is 2.40 bits per heavy atom. The average Bonchev–Trinajstić information content (AvgIpc) is 2.76. The number of rotatable bonds is 6. The number of imide groups is 1. The van der Waals surface area contributed by atoms with Crippen LogP contribution in [0.4, 0.5) is 4.79 Å². The Hall–Kier alpha value is -2.90. The van der Waals surface area contributed by atoms with Gasteiger partial charge in [0.05, 0.1) is 7.11 Å². The molecule has 0 aliphatic carbocycles. The molecule has 2 aromatic rings. The lowest BCUT2D eigenvalue weighted by Crippen LogP contribution is -3.28. The van der Waals surface area contributed by atoms with Crippen molar-refractivity contribution in [2.75, 3.05) is 40.3 Å². The molecule has 1 saturated heterocycles. The van der Waals surface area contributed by atoms with Crippen molar-refractivity contribution in [2.45, 2.75) is 19.5 Å². The lowest BCUT2D eigenvalue weighted by atomic mass is 10.0. The number of nitrogens with one attached hydrogen (secondary N) is 4. The molecule has 1 aliphatic rings. The number of carbonyl (C=O) groups is 2. The molecule has 1 fully saturated rings. The molecule has 2 aromatic carbocycles. The van der Waals surface area contributed by atoms with Gasteiger partial charge in [-0.15, -0.1) is 0 Å². The van der Waals surface area contributed by atoms with Gasteiger partial charge in [0.2, 0.25) is 0 Å². The second kappa shape index (κ2) is 10.2. The van der Waals surface area contributed by atoms with Crippen LogP contribution < -0.4 is 25.2 Å². The highest BCUT2D eigenvalue weighted by atomic mass is 16.5. The first-order chi connectivity index (χ1) is 14.5. The van der Waals surface area contributed by atoms with Gasteiger partial charge in [0.25, 0.3) is 5.91 Å². The fourth-order valence-corrected chi connectivity index (χ4v) is 4.17. The Bertz CT molecular complexity index is 864. The molecule has 30 heavy (non-hydrogen) atoms. The summed E-state index contributed by atoms with van der Waals surface area (Å²) in [4.78, 5) is 27.3. The van der Waals surface area contributed by atoms with Crippen LogP contribution in [0.15, 0.2) is 48.5 Å². The third-order valence-electron chi connectivity index (χ3n) is 5.74. The van der Waals surface area contributed by atoms with Crippen molar-refractivity contribution >= 4 is 11.9 Å². The summed E-state index contributed by atoms with van der Waals surface area (Å²) in [6.07, 6.45) is 0. The minimum atomic E-state index is -0.476. The van der Waals surface area contributed by atoms with Crippen LogP contribution in [0.25, 0.3) is 0 Å². The molecule has 160 valence electrons. The lowest BCUT2D eigenvalue weighted by molar-refractivity contribution is -1.03. The number of benzene rings is 2. The zero-order valence-electron chi connectivity index (χ0n) is 18.0.